The molecule has 0 spiro atoms. The summed E-state index contributed by atoms with van der Waals surface area (Å²) in [6.07, 6.45) is 0. The van der Waals surface area contributed by atoms with Crippen LogP contribution < -0.4 is 9.44 Å². The van der Waals surface area contributed by atoms with Gasteiger partial charge in [-0.3, -0.25) is 4.72 Å². The molecule has 0 bridgehead atoms. The van der Waals surface area contributed by atoms with Crippen molar-refractivity contribution < 1.29 is 22.7 Å². The lowest BCUT2D eigenvalue weighted by Gasteiger charge is -2.10. The Morgan fingerprint density at radius 3 is 2.82 bits per heavy atom. The second-order valence-corrected chi connectivity index (χ2v) is 4.65. The molecule has 96 valence electrons. The zero-order valence-electron chi connectivity index (χ0n) is 9.10. The van der Waals surface area contributed by atoms with Crippen molar-refractivity contribution in [2.24, 2.45) is 0 Å². The Hall–Kier alpha value is -1.38. The molecule has 0 saturated carbocycles. The average Bonchev–Trinajstić information content (AvgIpc) is 2.23. The molecule has 0 atom stereocenters. The van der Waals surface area contributed by atoms with E-state index in [-0.39, 0.29) is 24.6 Å². The summed E-state index contributed by atoms with van der Waals surface area (Å²) in [4.78, 5) is 0. The normalized spacial score (nSPS) is 11.4. The van der Waals surface area contributed by atoms with Gasteiger partial charge in [0, 0.05) is 19.7 Å². The van der Waals surface area contributed by atoms with Crippen LogP contribution >= 0.6 is 0 Å². The van der Waals surface area contributed by atoms with Crippen molar-refractivity contribution in [2.75, 3.05) is 25.0 Å². The van der Waals surface area contributed by atoms with Gasteiger partial charge in [-0.2, -0.15) is 13.1 Å². The highest BCUT2D eigenvalue weighted by Crippen LogP contribution is 2.24. The van der Waals surface area contributed by atoms with E-state index in [0.717, 1.165) is 18.2 Å². The van der Waals surface area contributed by atoms with Crippen LogP contribution in [0.4, 0.5) is 10.1 Å². The van der Waals surface area contributed by atoms with Gasteiger partial charge in [-0.15, -0.1) is 0 Å². The number of hydrogen-bond acceptors (Lipinski definition) is 4. The van der Waals surface area contributed by atoms with Crippen LogP contribution in [0.3, 0.4) is 0 Å². The second-order valence-electron chi connectivity index (χ2n) is 3.15. The van der Waals surface area contributed by atoms with Crippen molar-refractivity contribution in [3.8, 4) is 5.75 Å². The van der Waals surface area contributed by atoms with Gasteiger partial charge in [-0.05, 0) is 12.1 Å². The molecule has 3 N–H and O–H groups in total. The standard InChI is InChI=1S/C9H13FN2O4S/c1-16-5-4-11-17(14,15)12-8-6-7(10)2-3-9(8)13/h2-3,6,11-13H,4-5H2,1H3. The van der Waals surface area contributed by atoms with Crippen LogP contribution in [0.2, 0.25) is 0 Å². The summed E-state index contributed by atoms with van der Waals surface area (Å²) in [5.41, 5.74) is -0.227. The van der Waals surface area contributed by atoms with Crippen molar-refractivity contribution in [2.45, 2.75) is 0 Å². The van der Waals surface area contributed by atoms with Gasteiger partial charge in [0.15, 0.2) is 0 Å². The van der Waals surface area contributed by atoms with Gasteiger partial charge in [-0.25, -0.2) is 4.39 Å². The molecular formula is C9H13FN2O4S. The smallest absolute Gasteiger partial charge is 0.299 e. The van der Waals surface area contributed by atoms with E-state index in [1.54, 1.807) is 0 Å². The van der Waals surface area contributed by atoms with Crippen LogP contribution in [0.1, 0.15) is 0 Å². The molecule has 0 aliphatic heterocycles. The third kappa shape index (κ3) is 4.55. The molecule has 6 nitrogen and oxygen atoms in total. The van der Waals surface area contributed by atoms with Crippen LogP contribution in [-0.4, -0.2) is 33.8 Å². The average molecular weight is 264 g/mol. The number of halogens is 1. The molecule has 0 radical (unpaired) electrons. The lowest BCUT2D eigenvalue weighted by Crippen LogP contribution is -2.32. The van der Waals surface area contributed by atoms with Crippen molar-refractivity contribution in [3.63, 3.8) is 0 Å². The fourth-order valence-corrected chi connectivity index (χ4v) is 1.93. The monoisotopic (exact) mass is 264 g/mol. The number of phenolic OH excluding ortho intramolecular Hbond substituents is 1. The van der Waals surface area contributed by atoms with Gasteiger partial charge in [-0.1, -0.05) is 0 Å². The van der Waals surface area contributed by atoms with E-state index in [9.17, 15) is 17.9 Å². The lowest BCUT2D eigenvalue weighted by atomic mass is 10.3. The Bertz CT molecular complexity index is 478. The fourth-order valence-electron chi connectivity index (χ4n) is 1.05. The molecule has 0 amide bonds. The molecule has 1 aromatic rings. The van der Waals surface area contributed by atoms with Crippen molar-refractivity contribution in [1.29, 1.82) is 0 Å². The van der Waals surface area contributed by atoms with Crippen molar-refractivity contribution >= 4 is 15.9 Å². The first-order valence-electron chi connectivity index (χ1n) is 4.69. The first kappa shape index (κ1) is 13.7. The van der Waals surface area contributed by atoms with E-state index in [0.29, 0.717) is 0 Å². The van der Waals surface area contributed by atoms with Crippen LogP contribution in [0.5, 0.6) is 5.75 Å². The number of phenols is 1. The zero-order valence-corrected chi connectivity index (χ0v) is 9.92. The quantitative estimate of drug-likeness (QED) is 0.513. The molecule has 0 aliphatic carbocycles. The maximum atomic E-state index is 12.8. The number of ether oxygens (including phenoxy) is 1. The predicted molar refractivity (Wildman–Crippen MR) is 60.5 cm³/mol. The summed E-state index contributed by atoms with van der Waals surface area (Å²) in [6, 6.07) is 2.96. The summed E-state index contributed by atoms with van der Waals surface area (Å²) < 4.78 is 44.5. The summed E-state index contributed by atoms with van der Waals surface area (Å²) in [6.45, 7) is 0.276. The highest BCUT2D eigenvalue weighted by molar-refractivity contribution is 7.90. The molecule has 1 aromatic carbocycles. The molecule has 0 aromatic heterocycles. The van der Waals surface area contributed by atoms with E-state index in [2.05, 4.69) is 9.46 Å². The Kier molecular flexibility index (Phi) is 4.67. The summed E-state index contributed by atoms with van der Waals surface area (Å²) >= 11 is 0. The minimum Gasteiger partial charge on any atom is -0.506 e. The van der Waals surface area contributed by atoms with Gasteiger partial charge in [0.05, 0.1) is 12.3 Å². The Labute approximate surface area is 98.6 Å². The Balaban J connectivity index is 2.72. The number of hydrogen-bond donors (Lipinski definition) is 3. The van der Waals surface area contributed by atoms with Crippen molar-refractivity contribution in [3.05, 3.63) is 24.0 Å². The second kappa shape index (κ2) is 5.80. The van der Waals surface area contributed by atoms with E-state index in [4.69, 9.17) is 0 Å². The van der Waals surface area contributed by atoms with Crippen LogP contribution in [0, 0.1) is 5.82 Å². The number of rotatable bonds is 6. The Morgan fingerprint density at radius 2 is 2.18 bits per heavy atom. The molecule has 8 heteroatoms. The molecule has 0 saturated heterocycles. The molecule has 0 aliphatic rings. The van der Waals surface area contributed by atoms with E-state index in [1.807, 2.05) is 4.72 Å². The summed E-state index contributed by atoms with van der Waals surface area (Å²) in [7, 11) is -2.42. The van der Waals surface area contributed by atoms with Gasteiger partial charge >= 0.3 is 0 Å². The lowest BCUT2D eigenvalue weighted by molar-refractivity contribution is 0.204. The number of anilines is 1. The molecule has 0 unspecified atom stereocenters. The topological polar surface area (TPSA) is 87.7 Å². The number of aromatic hydroxyl groups is 1. The molecule has 17 heavy (non-hydrogen) atoms. The fraction of sp³-hybridized carbons (Fsp3) is 0.333. The predicted octanol–water partition coefficient (Wildman–Crippen LogP) is 0.424. The largest absolute Gasteiger partial charge is 0.506 e. The van der Waals surface area contributed by atoms with Crippen LogP contribution in [0.15, 0.2) is 18.2 Å². The Morgan fingerprint density at radius 1 is 1.47 bits per heavy atom. The molecular weight excluding hydrogens is 251 g/mol. The summed E-state index contributed by atoms with van der Waals surface area (Å²) in [5.74, 6) is -1.01. The number of benzene rings is 1. The molecule has 0 heterocycles. The van der Waals surface area contributed by atoms with Crippen LogP contribution in [0.25, 0.3) is 0 Å². The van der Waals surface area contributed by atoms with Crippen LogP contribution in [-0.2, 0) is 14.9 Å². The number of methoxy groups -OCH3 is 1. The van der Waals surface area contributed by atoms with Gasteiger partial charge in [0.2, 0.25) is 0 Å². The van der Waals surface area contributed by atoms with Gasteiger partial charge in [0.1, 0.15) is 11.6 Å². The van der Waals surface area contributed by atoms with Gasteiger partial charge < -0.3 is 9.84 Å². The third-order valence-corrected chi connectivity index (χ3v) is 2.87. The highest BCUT2D eigenvalue weighted by Gasteiger charge is 2.12. The molecule has 1 rings (SSSR count). The van der Waals surface area contributed by atoms with E-state index >= 15 is 0 Å². The third-order valence-electron chi connectivity index (χ3n) is 1.80. The SMILES string of the molecule is COCCNS(=O)(=O)Nc1cc(F)ccc1O. The van der Waals surface area contributed by atoms with E-state index in [1.165, 1.54) is 7.11 Å². The maximum Gasteiger partial charge on any atom is 0.299 e. The zero-order chi connectivity index (χ0) is 12.9. The minimum absolute atomic E-state index is 0.0713. The first-order valence-corrected chi connectivity index (χ1v) is 6.18. The van der Waals surface area contributed by atoms with Crippen molar-refractivity contribution in [1.82, 2.24) is 4.72 Å². The maximum absolute atomic E-state index is 12.8. The first-order chi connectivity index (χ1) is 7.94. The molecule has 0 fully saturated rings. The highest BCUT2D eigenvalue weighted by atomic mass is 32.2. The van der Waals surface area contributed by atoms with E-state index < -0.39 is 16.0 Å². The summed E-state index contributed by atoms with van der Waals surface area (Å²) in [5, 5.41) is 9.32. The minimum atomic E-state index is -3.85. The number of nitrogens with one attached hydrogen (secondary N) is 2. The van der Waals surface area contributed by atoms with Gasteiger partial charge in [0.25, 0.3) is 10.2 Å².